The topological polar surface area (TPSA) is 56.8 Å². The molecule has 5 nitrogen and oxygen atoms in total. The second kappa shape index (κ2) is 9.74. The van der Waals surface area contributed by atoms with E-state index < -0.39 is 13.4 Å². The van der Waals surface area contributed by atoms with Crippen molar-refractivity contribution in [2.45, 2.75) is 45.7 Å². The summed E-state index contributed by atoms with van der Waals surface area (Å²) in [5, 5.41) is 3.34. The minimum Gasteiger partial charge on any atom is -0.497 e. The van der Waals surface area contributed by atoms with Gasteiger partial charge in [0.2, 0.25) is 0 Å². The van der Waals surface area contributed by atoms with Crippen LogP contribution in [-0.2, 0) is 13.6 Å². The van der Waals surface area contributed by atoms with Crippen LogP contribution in [0.1, 0.15) is 39.0 Å². The molecule has 2 rings (SSSR count). The Morgan fingerprint density at radius 3 is 1.85 bits per heavy atom. The molecule has 0 radical (unpaired) electrons. The largest absolute Gasteiger partial charge is 0.497 e. The third kappa shape index (κ3) is 6.35. The monoisotopic (exact) mass is 455 g/mol. The SMILES string of the molecule is COc1ccc([C@@H](Nc2ccc(Br)cc2)P(=O)(OC(C)C)OC(C)C)cc1. The van der Waals surface area contributed by atoms with E-state index in [9.17, 15) is 4.57 Å². The molecule has 148 valence electrons. The molecule has 0 saturated carbocycles. The van der Waals surface area contributed by atoms with Gasteiger partial charge < -0.3 is 19.1 Å². The lowest BCUT2D eigenvalue weighted by molar-refractivity contribution is 0.138. The first kappa shape index (κ1) is 22.0. The molecule has 0 fully saturated rings. The molecular weight excluding hydrogens is 429 g/mol. The van der Waals surface area contributed by atoms with Gasteiger partial charge in [0.1, 0.15) is 5.75 Å². The van der Waals surface area contributed by atoms with Crippen LogP contribution in [0.2, 0.25) is 0 Å². The van der Waals surface area contributed by atoms with Crippen LogP contribution in [0.4, 0.5) is 5.69 Å². The van der Waals surface area contributed by atoms with Crippen LogP contribution in [-0.4, -0.2) is 19.3 Å². The number of nitrogens with one attached hydrogen (secondary N) is 1. The molecular formula is C20H27BrNO4P. The molecule has 0 aliphatic carbocycles. The van der Waals surface area contributed by atoms with Crippen molar-refractivity contribution < 1.29 is 18.3 Å². The Morgan fingerprint density at radius 2 is 1.41 bits per heavy atom. The van der Waals surface area contributed by atoms with Crippen molar-refractivity contribution in [3.05, 3.63) is 58.6 Å². The van der Waals surface area contributed by atoms with Crippen LogP contribution in [0.25, 0.3) is 0 Å². The summed E-state index contributed by atoms with van der Waals surface area (Å²) in [5.41, 5.74) is 1.61. The summed E-state index contributed by atoms with van der Waals surface area (Å²) in [7, 11) is -1.92. The Balaban J connectivity index is 2.47. The van der Waals surface area contributed by atoms with Crippen molar-refractivity contribution in [3.63, 3.8) is 0 Å². The van der Waals surface area contributed by atoms with Gasteiger partial charge in [-0.15, -0.1) is 0 Å². The number of rotatable bonds is 9. The van der Waals surface area contributed by atoms with Crippen molar-refractivity contribution >= 4 is 29.2 Å². The van der Waals surface area contributed by atoms with E-state index in [-0.39, 0.29) is 12.2 Å². The van der Waals surface area contributed by atoms with Crippen molar-refractivity contribution in [3.8, 4) is 5.75 Å². The average molecular weight is 456 g/mol. The van der Waals surface area contributed by atoms with Crippen LogP contribution in [0.15, 0.2) is 53.0 Å². The Labute approximate surface area is 170 Å². The van der Waals surface area contributed by atoms with Gasteiger partial charge in [-0.1, -0.05) is 28.1 Å². The average Bonchev–Trinajstić information content (AvgIpc) is 2.60. The minimum atomic E-state index is -3.53. The first-order valence-corrected chi connectivity index (χ1v) is 11.3. The fourth-order valence-corrected chi connectivity index (χ4v) is 5.15. The van der Waals surface area contributed by atoms with E-state index in [0.717, 1.165) is 21.5 Å². The van der Waals surface area contributed by atoms with Crippen LogP contribution in [0.3, 0.4) is 0 Å². The van der Waals surface area contributed by atoms with E-state index in [0.29, 0.717) is 0 Å². The second-order valence-electron chi connectivity index (χ2n) is 6.68. The first-order chi connectivity index (χ1) is 12.7. The summed E-state index contributed by atoms with van der Waals surface area (Å²) >= 11 is 3.43. The van der Waals surface area contributed by atoms with E-state index in [4.69, 9.17) is 13.8 Å². The summed E-state index contributed by atoms with van der Waals surface area (Å²) in [6.45, 7) is 7.39. The number of ether oxygens (including phenoxy) is 1. The lowest BCUT2D eigenvalue weighted by atomic mass is 10.2. The Hall–Kier alpha value is -1.33. The lowest BCUT2D eigenvalue weighted by Crippen LogP contribution is -2.19. The maximum absolute atomic E-state index is 13.8. The maximum Gasteiger partial charge on any atom is 0.357 e. The molecule has 27 heavy (non-hydrogen) atoms. The molecule has 0 bridgehead atoms. The van der Waals surface area contributed by atoms with E-state index >= 15 is 0 Å². The predicted octanol–water partition coefficient (Wildman–Crippen LogP) is 6.61. The van der Waals surface area contributed by atoms with Crippen LogP contribution in [0, 0.1) is 0 Å². The summed E-state index contributed by atoms with van der Waals surface area (Å²) in [5.74, 6) is 0.0694. The Kier molecular flexibility index (Phi) is 7.92. The summed E-state index contributed by atoms with van der Waals surface area (Å²) in [6, 6.07) is 15.1. The number of anilines is 1. The predicted molar refractivity (Wildman–Crippen MR) is 114 cm³/mol. The third-order valence-corrected chi connectivity index (χ3v) is 6.63. The van der Waals surface area contributed by atoms with Crippen molar-refractivity contribution in [2.24, 2.45) is 0 Å². The van der Waals surface area contributed by atoms with Crippen LogP contribution >= 0.6 is 23.5 Å². The van der Waals surface area contributed by atoms with Gasteiger partial charge in [0.05, 0.1) is 19.3 Å². The highest BCUT2D eigenvalue weighted by Gasteiger charge is 2.39. The zero-order valence-corrected chi connectivity index (χ0v) is 18.8. The molecule has 1 N–H and O–H groups in total. The number of benzene rings is 2. The zero-order valence-electron chi connectivity index (χ0n) is 16.3. The van der Waals surface area contributed by atoms with Crippen LogP contribution < -0.4 is 10.1 Å². The van der Waals surface area contributed by atoms with Gasteiger partial charge in [-0.3, -0.25) is 4.57 Å². The number of hydrogen-bond acceptors (Lipinski definition) is 5. The fraction of sp³-hybridized carbons (Fsp3) is 0.400. The molecule has 2 aromatic rings. The van der Waals surface area contributed by atoms with Gasteiger partial charge in [-0.2, -0.15) is 0 Å². The van der Waals surface area contributed by atoms with Gasteiger partial charge in [0.15, 0.2) is 5.78 Å². The van der Waals surface area contributed by atoms with Crippen LogP contribution in [0.5, 0.6) is 5.75 Å². The van der Waals surface area contributed by atoms with Crippen molar-refractivity contribution in [2.75, 3.05) is 12.4 Å². The molecule has 0 unspecified atom stereocenters. The smallest absolute Gasteiger partial charge is 0.357 e. The maximum atomic E-state index is 13.8. The number of halogens is 1. The van der Waals surface area contributed by atoms with Gasteiger partial charge >= 0.3 is 7.60 Å². The highest BCUT2D eigenvalue weighted by atomic mass is 79.9. The highest BCUT2D eigenvalue weighted by Crippen LogP contribution is 2.62. The minimum absolute atomic E-state index is 0.248. The molecule has 0 saturated heterocycles. The van der Waals surface area contributed by atoms with E-state index in [1.54, 1.807) is 7.11 Å². The molecule has 0 amide bonds. The van der Waals surface area contributed by atoms with Gasteiger partial charge in [-0.05, 0) is 69.7 Å². The summed E-state index contributed by atoms with van der Waals surface area (Å²) in [4.78, 5) is 0. The Morgan fingerprint density at radius 1 is 0.889 bits per heavy atom. The molecule has 0 heterocycles. The molecule has 0 aliphatic rings. The van der Waals surface area contributed by atoms with Crippen molar-refractivity contribution in [1.29, 1.82) is 0 Å². The second-order valence-corrected chi connectivity index (χ2v) is 9.61. The van der Waals surface area contributed by atoms with E-state index in [1.807, 2.05) is 76.2 Å². The summed E-state index contributed by atoms with van der Waals surface area (Å²) < 4.78 is 31.7. The van der Waals surface area contributed by atoms with Crippen molar-refractivity contribution in [1.82, 2.24) is 0 Å². The van der Waals surface area contributed by atoms with Gasteiger partial charge in [-0.25, -0.2) is 0 Å². The van der Waals surface area contributed by atoms with E-state index in [1.165, 1.54) is 0 Å². The Bertz CT molecular complexity index is 749. The number of methoxy groups -OCH3 is 1. The van der Waals surface area contributed by atoms with Gasteiger partial charge in [0, 0.05) is 10.2 Å². The molecule has 2 aromatic carbocycles. The highest BCUT2D eigenvalue weighted by molar-refractivity contribution is 9.10. The fourth-order valence-electron chi connectivity index (χ4n) is 2.57. The zero-order chi connectivity index (χ0) is 20.0. The normalized spacial score (nSPS) is 13.0. The lowest BCUT2D eigenvalue weighted by Gasteiger charge is -2.31. The number of hydrogen-bond donors (Lipinski definition) is 1. The van der Waals surface area contributed by atoms with E-state index in [2.05, 4.69) is 21.2 Å². The molecule has 0 aromatic heterocycles. The summed E-state index contributed by atoms with van der Waals surface area (Å²) in [6.07, 6.45) is -0.496. The third-order valence-electron chi connectivity index (χ3n) is 3.61. The quantitative estimate of drug-likeness (QED) is 0.431. The standard InChI is InChI=1S/C20H27BrNO4P/c1-14(2)25-27(23,26-15(3)4)20(16-6-12-19(24-5)13-7-16)22-18-10-8-17(21)9-11-18/h6-15,20,22H,1-5H3/t20-/m0/s1. The first-order valence-electron chi connectivity index (χ1n) is 8.86. The molecule has 1 atom stereocenters. The molecule has 0 spiro atoms. The molecule has 7 heteroatoms. The molecule has 0 aliphatic heterocycles. The van der Waals surface area contributed by atoms with Gasteiger partial charge in [0.25, 0.3) is 0 Å².